The lowest BCUT2D eigenvalue weighted by atomic mass is 9.77. The molecule has 55 heavy (non-hydrogen) atoms. The Bertz CT molecular complexity index is 2310. The fraction of sp³-hybridized carbons (Fsp3) is 0.333. The van der Waals surface area contributed by atoms with E-state index in [0.29, 0.717) is 16.7 Å². The maximum absolute atomic E-state index is 13.9. The molecule has 3 aromatic rings. The summed E-state index contributed by atoms with van der Waals surface area (Å²) in [5.74, 6) is 5.14. The first-order chi connectivity index (χ1) is 26.3. The van der Waals surface area contributed by atoms with Crippen molar-refractivity contribution in [2.75, 3.05) is 18.0 Å². The number of carbonyl (C=O) groups is 2. The third-order valence-corrected chi connectivity index (χ3v) is 11.2. The summed E-state index contributed by atoms with van der Waals surface area (Å²) in [4.78, 5) is 27.4. The second-order valence-electron chi connectivity index (χ2n) is 15.6. The van der Waals surface area contributed by atoms with Gasteiger partial charge in [-0.15, -0.1) is 0 Å². The van der Waals surface area contributed by atoms with E-state index in [0.717, 1.165) is 65.4 Å². The number of carboxylic acid groups (broad SMARTS) is 1. The van der Waals surface area contributed by atoms with Crippen LogP contribution in [0.2, 0.25) is 0 Å². The summed E-state index contributed by atoms with van der Waals surface area (Å²) in [7, 11) is 0. The van der Waals surface area contributed by atoms with Crippen molar-refractivity contribution in [1.29, 1.82) is 5.26 Å². The first-order valence-electron chi connectivity index (χ1n) is 19.4. The molecular weight excluding hydrogens is 683 g/mol. The molecule has 2 heterocycles. The smallest absolute Gasteiger partial charge is 0.346 e. The first-order valence-corrected chi connectivity index (χ1v) is 19.4. The third kappa shape index (κ3) is 7.45. The predicted octanol–water partition coefficient (Wildman–Crippen LogP) is 9.84. The van der Waals surface area contributed by atoms with E-state index in [1.54, 1.807) is 30.3 Å². The highest BCUT2D eigenvalue weighted by molar-refractivity contribution is 6.24. The summed E-state index contributed by atoms with van der Waals surface area (Å²) in [6.45, 7) is 14.6. The number of ketones is 1. The summed E-state index contributed by atoms with van der Waals surface area (Å²) >= 11 is 0. The number of carbonyl (C=O) groups excluding carboxylic acids is 1. The Kier molecular flexibility index (Phi) is 11.2. The molecule has 2 N–H and O–H groups in total. The van der Waals surface area contributed by atoms with Crippen LogP contribution >= 0.6 is 0 Å². The van der Waals surface area contributed by atoms with E-state index in [-0.39, 0.29) is 22.5 Å². The summed E-state index contributed by atoms with van der Waals surface area (Å²) in [6.07, 6.45) is 12.1. The third-order valence-electron chi connectivity index (χ3n) is 11.2. The number of rotatable bonds is 12. The molecule has 7 heteroatoms. The normalized spacial score (nSPS) is 18.2. The molecule has 0 saturated carbocycles. The largest absolute Gasteiger partial charge is 0.506 e. The maximum Gasteiger partial charge on any atom is 0.346 e. The van der Waals surface area contributed by atoms with Gasteiger partial charge in [-0.2, -0.15) is 9.84 Å². The number of aliphatic carboxylic acids is 1. The number of hydrogen-bond donors (Lipinski definition) is 2. The molecule has 0 unspecified atom stereocenters. The van der Waals surface area contributed by atoms with Crippen LogP contribution in [0.5, 0.6) is 0 Å². The molecule has 3 aliphatic rings. The highest BCUT2D eigenvalue weighted by atomic mass is 16.4. The van der Waals surface area contributed by atoms with E-state index in [1.165, 1.54) is 37.3 Å². The Morgan fingerprint density at radius 2 is 1.53 bits per heavy atom. The number of carboxylic acids is 1. The quantitative estimate of drug-likeness (QED) is 0.0632. The molecule has 280 valence electrons. The zero-order valence-corrected chi connectivity index (χ0v) is 32.8. The number of unbranched alkanes of at least 4 members (excludes halogenated alkanes) is 5. The number of fused-ring (bicyclic) bond motifs is 2. The number of Topliss-reactive ketones (excluding diaryl/α,β-unsaturated/α-hetero) is 1. The second kappa shape index (κ2) is 15.8. The molecule has 0 amide bonds. The van der Waals surface area contributed by atoms with Crippen molar-refractivity contribution in [2.45, 2.75) is 90.9 Å². The molecule has 0 radical (unpaired) electrons. The molecule has 1 aliphatic carbocycles. The summed E-state index contributed by atoms with van der Waals surface area (Å²) in [6, 6.07) is 23.4. The number of benzene rings is 3. The molecule has 2 aliphatic heterocycles. The van der Waals surface area contributed by atoms with Crippen molar-refractivity contribution < 1.29 is 24.4 Å². The highest BCUT2D eigenvalue weighted by Gasteiger charge is 2.47. The van der Waals surface area contributed by atoms with Crippen molar-refractivity contribution >= 4 is 34.9 Å². The number of allylic oxidation sites excluding steroid dienone is 5. The fourth-order valence-electron chi connectivity index (χ4n) is 8.05. The Balaban J connectivity index is 1.32. The van der Waals surface area contributed by atoms with Gasteiger partial charge in [0.2, 0.25) is 11.5 Å². The minimum Gasteiger partial charge on any atom is -0.506 e. The van der Waals surface area contributed by atoms with Crippen LogP contribution in [0.3, 0.4) is 0 Å². The number of hydrogen-bond acceptors (Lipinski definition) is 5. The lowest BCUT2D eigenvalue weighted by Gasteiger charge is -2.28. The fourth-order valence-corrected chi connectivity index (χ4v) is 8.05. The van der Waals surface area contributed by atoms with Gasteiger partial charge in [0.1, 0.15) is 23.9 Å². The predicted molar refractivity (Wildman–Crippen MR) is 220 cm³/mol. The number of aliphatic hydroxyl groups excluding tert-OH is 1. The van der Waals surface area contributed by atoms with Crippen molar-refractivity contribution in [3.8, 4) is 17.9 Å². The summed E-state index contributed by atoms with van der Waals surface area (Å²) in [5.41, 5.74) is 8.32. The summed E-state index contributed by atoms with van der Waals surface area (Å²) < 4.78 is 2.32. The van der Waals surface area contributed by atoms with E-state index in [9.17, 15) is 14.7 Å². The van der Waals surface area contributed by atoms with E-state index in [4.69, 9.17) is 10.4 Å². The molecule has 7 nitrogen and oxygen atoms in total. The van der Waals surface area contributed by atoms with Gasteiger partial charge in [-0.1, -0.05) is 88.6 Å². The summed E-state index contributed by atoms with van der Waals surface area (Å²) in [5, 5.41) is 29.8. The Morgan fingerprint density at radius 3 is 2.20 bits per heavy atom. The molecule has 0 bridgehead atoms. The van der Waals surface area contributed by atoms with Crippen LogP contribution in [-0.2, 0) is 20.4 Å². The monoisotopic (exact) mass is 732 g/mol. The average molecular weight is 733 g/mol. The van der Waals surface area contributed by atoms with Gasteiger partial charge >= 0.3 is 5.97 Å². The average Bonchev–Trinajstić information content (AvgIpc) is 3.53. The number of likely N-dealkylation sites (N-methyl/N-ethyl adjacent to an activating group) is 1. The number of nitriles is 1. The van der Waals surface area contributed by atoms with E-state index in [2.05, 4.69) is 87.1 Å². The van der Waals surface area contributed by atoms with Crippen LogP contribution < -0.4 is 4.90 Å². The Hall–Kier alpha value is -5.92. The number of aliphatic hydroxyl groups is 1. The van der Waals surface area contributed by atoms with Crippen molar-refractivity contribution in [3.05, 3.63) is 135 Å². The van der Waals surface area contributed by atoms with Gasteiger partial charge < -0.3 is 15.1 Å². The van der Waals surface area contributed by atoms with Crippen LogP contribution in [0.25, 0.3) is 6.08 Å². The van der Waals surface area contributed by atoms with Crippen LogP contribution in [0.1, 0.15) is 108 Å². The van der Waals surface area contributed by atoms with Gasteiger partial charge in [0.05, 0.1) is 16.6 Å². The zero-order chi connectivity index (χ0) is 39.5. The van der Waals surface area contributed by atoms with Crippen molar-refractivity contribution in [3.63, 3.8) is 0 Å². The number of nitrogens with zero attached hydrogens (tertiary/aromatic N) is 3. The first kappa shape index (κ1) is 38.8. The van der Waals surface area contributed by atoms with Crippen LogP contribution in [0.4, 0.5) is 11.4 Å². The van der Waals surface area contributed by atoms with Crippen LogP contribution in [0, 0.1) is 23.2 Å². The molecule has 6 rings (SSSR count). The topological polar surface area (TPSA) is 105 Å². The van der Waals surface area contributed by atoms with Gasteiger partial charge in [-0.05, 0) is 80.8 Å². The second-order valence-corrected chi connectivity index (χ2v) is 15.6. The molecule has 0 spiro atoms. The highest BCUT2D eigenvalue weighted by Crippen LogP contribution is 2.49. The van der Waals surface area contributed by atoms with E-state index < -0.39 is 11.4 Å². The molecule has 0 aromatic heterocycles. The standard InChI is InChI=1S/C48H49N3O4/c1-7-9-10-11-12-15-26-51-41-25-24-34(23-20-32-18-21-33(22-19-32)27-35(31-49)46(54)55)28-39(41)48(5,6)43(51)30-37-44(52)36(45(37)53)29-42-47(3,4)38-16-13-14-17-40(38)50(42)8-2/h13-14,16-19,21-22,24-25,27-30H,7-12,15,26H2,1-6H3,(H-,52,53,54,55)/p+1/b35-27+. The van der Waals surface area contributed by atoms with Crippen molar-refractivity contribution in [1.82, 2.24) is 0 Å². The minimum atomic E-state index is -1.26. The van der Waals surface area contributed by atoms with Crippen molar-refractivity contribution in [2.24, 2.45) is 0 Å². The molecule has 3 aromatic carbocycles. The van der Waals surface area contributed by atoms with Gasteiger partial charge in [0.15, 0.2) is 5.71 Å². The van der Waals surface area contributed by atoms with E-state index >= 15 is 0 Å². The molecular formula is C48H50N3O4+. The lowest BCUT2D eigenvalue weighted by molar-refractivity contribution is -0.438. The molecule has 0 fully saturated rings. The SMILES string of the molecule is CCCCCCCC[N+]1=C(/C=C2\C(=O)C(/C=C3/N(CC)c4ccccc4C3(C)C)=C2O)C(C)(C)c2cc(C#Cc3ccc(/C=C(\C#N)C(=O)O)cc3)ccc21. The molecule has 0 atom stereocenters. The van der Waals surface area contributed by atoms with E-state index in [1.807, 2.05) is 30.4 Å². The van der Waals surface area contributed by atoms with Gasteiger partial charge in [0.25, 0.3) is 0 Å². The van der Waals surface area contributed by atoms with Gasteiger partial charge in [-0.3, -0.25) is 4.79 Å². The Morgan fingerprint density at radius 1 is 0.855 bits per heavy atom. The molecule has 0 saturated heterocycles. The lowest BCUT2D eigenvalue weighted by Crippen LogP contribution is -2.32. The van der Waals surface area contributed by atoms with Crippen LogP contribution in [-0.4, -0.2) is 45.3 Å². The number of para-hydroxylation sites is 1. The minimum absolute atomic E-state index is 0.0407. The maximum atomic E-state index is 13.9. The Labute approximate surface area is 325 Å². The van der Waals surface area contributed by atoms with Gasteiger partial charge in [-0.25, -0.2) is 4.79 Å². The zero-order valence-electron chi connectivity index (χ0n) is 32.8. The van der Waals surface area contributed by atoms with Gasteiger partial charge in [0, 0.05) is 58.6 Å². The van der Waals surface area contributed by atoms with Crippen LogP contribution in [0.15, 0.2) is 107 Å². The number of anilines is 1.